The number of aliphatic hydroxyl groups excluding tert-OH is 2. The molecule has 0 radical (unpaired) electrons. The van der Waals surface area contributed by atoms with Gasteiger partial charge < -0.3 is 40.8 Å². The van der Waals surface area contributed by atoms with E-state index in [1.54, 1.807) is 32.9 Å². The Balaban J connectivity index is 2.62. The number of fused-ring (bicyclic) bond motifs is 2. The van der Waals surface area contributed by atoms with E-state index in [4.69, 9.17) is 19.9 Å². The summed E-state index contributed by atoms with van der Waals surface area (Å²) in [6.45, 7) is 8.50. The number of nitrogens with one attached hydrogen (secondary N) is 2. The molecule has 2 rings (SSSR count). The van der Waals surface area contributed by atoms with Gasteiger partial charge >= 0.3 is 6.09 Å². The van der Waals surface area contributed by atoms with Crippen molar-refractivity contribution in [1.29, 1.82) is 0 Å². The van der Waals surface area contributed by atoms with Gasteiger partial charge in [0.25, 0.3) is 5.91 Å². The third-order valence-corrected chi connectivity index (χ3v) is 7.37. The summed E-state index contributed by atoms with van der Waals surface area (Å²) < 4.78 is 16.5. The fourth-order valence-electron chi connectivity index (χ4n) is 5.03. The van der Waals surface area contributed by atoms with Crippen molar-refractivity contribution in [3.63, 3.8) is 0 Å². The van der Waals surface area contributed by atoms with Crippen LogP contribution in [-0.4, -0.2) is 85.1 Å². The number of allylic oxidation sites excluding steroid dienone is 4. The van der Waals surface area contributed by atoms with Crippen LogP contribution in [0.1, 0.15) is 47.5 Å². The van der Waals surface area contributed by atoms with Crippen LogP contribution in [-0.2, 0) is 28.6 Å². The minimum absolute atomic E-state index is 0.0431. The molecule has 1 aliphatic heterocycles. The first-order chi connectivity index (χ1) is 20.2. The number of nitrogens with two attached hydrogens (primary N) is 1. The molecule has 0 spiro atoms. The van der Waals surface area contributed by atoms with E-state index in [0.29, 0.717) is 12.0 Å². The first-order valence-corrected chi connectivity index (χ1v) is 14.2. The van der Waals surface area contributed by atoms with E-state index in [2.05, 4.69) is 10.6 Å². The summed E-state index contributed by atoms with van der Waals surface area (Å²) in [4.78, 5) is 51.4. The number of hydrogen-bond donors (Lipinski definition) is 5. The molecule has 0 aromatic rings. The van der Waals surface area contributed by atoms with Crippen LogP contribution < -0.4 is 16.4 Å². The van der Waals surface area contributed by atoms with Gasteiger partial charge in [-0.05, 0) is 45.1 Å². The second kappa shape index (κ2) is 16.3. The Morgan fingerprint density at radius 2 is 1.86 bits per heavy atom. The van der Waals surface area contributed by atoms with Crippen LogP contribution >= 0.6 is 0 Å². The first-order valence-electron chi connectivity index (χ1n) is 14.2. The topological polar surface area (TPSA) is 187 Å². The van der Waals surface area contributed by atoms with Crippen LogP contribution in [0.4, 0.5) is 4.79 Å². The molecule has 6 N–H and O–H groups in total. The Hall–Kier alpha value is -3.58. The molecule has 43 heavy (non-hydrogen) atoms. The number of carbonyl (C=O) groups is 4. The molecule has 0 aromatic carbocycles. The van der Waals surface area contributed by atoms with Crippen molar-refractivity contribution in [2.45, 2.75) is 78.0 Å². The maximum Gasteiger partial charge on any atom is 0.405 e. The zero-order valence-electron chi connectivity index (χ0n) is 25.9. The maximum atomic E-state index is 13.6. The lowest BCUT2D eigenvalue weighted by Crippen LogP contribution is -2.38. The second-order valence-electron chi connectivity index (χ2n) is 11.2. The lowest BCUT2D eigenvalue weighted by Gasteiger charge is -2.30. The minimum Gasteiger partial charge on any atom is -0.439 e. The lowest BCUT2D eigenvalue weighted by atomic mass is 9.85. The molecule has 2 aliphatic rings. The molecule has 7 atom stereocenters. The molecule has 0 unspecified atom stereocenters. The second-order valence-corrected chi connectivity index (χ2v) is 11.2. The van der Waals surface area contributed by atoms with Crippen LogP contribution in [0, 0.1) is 11.8 Å². The molecule has 1 heterocycles. The van der Waals surface area contributed by atoms with Crippen LogP contribution in [0.25, 0.3) is 0 Å². The number of Topliss-reactive ketones (excluding diaryl/α,β-unsaturated/α-hetero) is 1. The zero-order valence-corrected chi connectivity index (χ0v) is 25.9. The van der Waals surface area contributed by atoms with E-state index >= 15 is 0 Å². The van der Waals surface area contributed by atoms with Crippen molar-refractivity contribution in [3.05, 3.63) is 58.5 Å². The predicted octanol–water partition coefficient (Wildman–Crippen LogP) is 1.73. The number of rotatable bonds is 6. The fourth-order valence-corrected chi connectivity index (χ4v) is 5.03. The van der Waals surface area contributed by atoms with E-state index in [0.717, 1.165) is 6.08 Å². The lowest BCUT2D eigenvalue weighted by molar-refractivity contribution is -0.120. The largest absolute Gasteiger partial charge is 0.439 e. The molecule has 0 saturated carbocycles. The summed E-state index contributed by atoms with van der Waals surface area (Å²) in [5, 5.41) is 26.4. The molecule has 2 bridgehead atoms. The van der Waals surface area contributed by atoms with E-state index in [1.165, 1.54) is 33.3 Å². The van der Waals surface area contributed by atoms with Crippen molar-refractivity contribution < 1.29 is 43.6 Å². The summed E-state index contributed by atoms with van der Waals surface area (Å²) in [5.74, 6) is -2.35. The number of primary amides is 1. The van der Waals surface area contributed by atoms with Crippen LogP contribution in [0.3, 0.4) is 0 Å². The van der Waals surface area contributed by atoms with Gasteiger partial charge in [-0.1, -0.05) is 38.2 Å². The summed E-state index contributed by atoms with van der Waals surface area (Å²) >= 11 is 0. The molecular weight excluding hydrogens is 558 g/mol. The van der Waals surface area contributed by atoms with Gasteiger partial charge in [-0.25, -0.2) is 4.79 Å². The predicted molar refractivity (Wildman–Crippen MR) is 159 cm³/mol. The van der Waals surface area contributed by atoms with E-state index in [9.17, 15) is 29.4 Å². The van der Waals surface area contributed by atoms with Crippen molar-refractivity contribution in [1.82, 2.24) is 10.6 Å². The standard InChI is InChI=1S/C31H45N3O9/c1-16-11-21-26(33-15-20(5)35)23(36)14-22(28(21)38)34-30(39)17(2)9-8-10-24(41-6)29(43-31(32)40)19(4)13-18(3)27(37)25(12-16)42-7/h8-10,13-14,16,18,20,24-25,27,29,33,35,37H,11-12,15H2,1-7H3,(H2,32,40)(H,34,39)/b10-8-,17-9+,19-13+/t16-,18+,20-,24+,25+,27-,29+/m1/s1. The summed E-state index contributed by atoms with van der Waals surface area (Å²) in [5.41, 5.74) is 6.19. The van der Waals surface area contributed by atoms with Crippen LogP contribution in [0.5, 0.6) is 0 Å². The smallest absolute Gasteiger partial charge is 0.405 e. The number of carbonyl (C=O) groups excluding carboxylic acids is 4. The Bertz CT molecular complexity index is 1210. The number of ether oxygens (including phenoxy) is 3. The fraction of sp³-hybridized carbons (Fsp3) is 0.548. The molecule has 0 fully saturated rings. The molecule has 2 amide bonds. The van der Waals surface area contributed by atoms with Crippen LogP contribution in [0.15, 0.2) is 58.5 Å². The highest BCUT2D eigenvalue weighted by Crippen LogP contribution is 2.28. The van der Waals surface area contributed by atoms with Gasteiger partial charge in [0.15, 0.2) is 6.10 Å². The molecule has 238 valence electrons. The van der Waals surface area contributed by atoms with Crippen molar-refractivity contribution in [2.24, 2.45) is 17.6 Å². The summed E-state index contributed by atoms with van der Waals surface area (Å²) in [6, 6.07) is 0. The molecular formula is C31H45N3O9. The van der Waals surface area contributed by atoms with Crippen molar-refractivity contribution >= 4 is 23.6 Å². The molecule has 12 nitrogen and oxygen atoms in total. The third kappa shape index (κ3) is 9.99. The number of ketones is 2. The minimum atomic E-state index is -1.01. The number of amides is 2. The third-order valence-electron chi connectivity index (χ3n) is 7.37. The molecule has 0 aromatic heterocycles. The van der Waals surface area contributed by atoms with E-state index in [-0.39, 0.29) is 41.4 Å². The average molecular weight is 604 g/mol. The normalized spacial score (nSPS) is 32.0. The van der Waals surface area contributed by atoms with Gasteiger partial charge in [-0.15, -0.1) is 0 Å². The van der Waals surface area contributed by atoms with Crippen LogP contribution in [0.2, 0.25) is 0 Å². The highest BCUT2D eigenvalue weighted by molar-refractivity contribution is 6.23. The van der Waals surface area contributed by atoms with Gasteiger partial charge in [0, 0.05) is 43.9 Å². The quantitative estimate of drug-likeness (QED) is 0.221. The number of aliphatic hydroxyl groups is 2. The number of hydrogen-bond acceptors (Lipinski definition) is 10. The van der Waals surface area contributed by atoms with Gasteiger partial charge in [-0.3, -0.25) is 14.4 Å². The monoisotopic (exact) mass is 603 g/mol. The number of methoxy groups -OCH3 is 2. The molecule has 12 heteroatoms. The van der Waals surface area contributed by atoms with E-state index in [1.807, 2.05) is 6.92 Å². The van der Waals surface area contributed by atoms with E-state index < -0.39 is 60.0 Å². The average Bonchev–Trinajstić information content (AvgIpc) is 2.93. The van der Waals surface area contributed by atoms with Gasteiger partial charge in [0.05, 0.1) is 29.7 Å². The van der Waals surface area contributed by atoms with Gasteiger partial charge in [-0.2, -0.15) is 0 Å². The Morgan fingerprint density at radius 1 is 1.19 bits per heavy atom. The molecule has 0 saturated heterocycles. The maximum absolute atomic E-state index is 13.6. The Kier molecular flexibility index (Phi) is 13.5. The molecule has 1 aliphatic carbocycles. The summed E-state index contributed by atoms with van der Waals surface area (Å²) in [6.07, 6.45) is 2.72. The Labute approximate surface area is 252 Å². The SMILES string of the molecule is CO[C@H]1/C=C\C=C(/C)C(=O)NC2=CC(=O)C(NC[C@@H](C)O)=C(C[C@@H](C)C[C@H](OC)[C@H](O)[C@@H](C)/C=C(\C)[C@@H]1OC(N)=O)C2=O. The first kappa shape index (κ1) is 35.6. The van der Waals surface area contributed by atoms with Crippen molar-refractivity contribution in [3.8, 4) is 0 Å². The van der Waals surface area contributed by atoms with Gasteiger partial charge in [0.1, 0.15) is 6.10 Å². The van der Waals surface area contributed by atoms with Crippen molar-refractivity contribution in [2.75, 3.05) is 20.8 Å². The summed E-state index contributed by atoms with van der Waals surface area (Å²) in [7, 11) is 2.90. The highest BCUT2D eigenvalue weighted by atomic mass is 16.6. The highest BCUT2D eigenvalue weighted by Gasteiger charge is 2.33. The zero-order chi connectivity index (χ0) is 32.4. The Morgan fingerprint density at radius 3 is 2.44 bits per heavy atom. The van der Waals surface area contributed by atoms with Gasteiger partial charge in [0.2, 0.25) is 11.6 Å².